The second-order valence-corrected chi connectivity index (χ2v) is 7.73. The fourth-order valence-corrected chi connectivity index (χ4v) is 3.81. The van der Waals surface area contributed by atoms with E-state index in [1.165, 1.54) is 11.3 Å². The van der Waals surface area contributed by atoms with E-state index in [1.807, 2.05) is 62.4 Å². The third kappa shape index (κ3) is 4.90. The van der Waals surface area contributed by atoms with E-state index in [0.29, 0.717) is 28.8 Å². The van der Waals surface area contributed by atoms with Crippen LogP contribution in [0.15, 0.2) is 71.8 Å². The third-order valence-corrected chi connectivity index (χ3v) is 5.44. The predicted octanol–water partition coefficient (Wildman–Crippen LogP) is 5.67. The number of hydrogen-bond donors (Lipinski definition) is 1. The fraction of sp³-hybridized carbons (Fsp3) is 0.125. The molecule has 4 aromatic rings. The van der Waals surface area contributed by atoms with Gasteiger partial charge >= 0.3 is 5.97 Å². The smallest absolute Gasteiger partial charge is 0.343 e. The number of nitrogens with one attached hydrogen (secondary N) is 1. The molecular weight excluding hydrogens is 410 g/mol. The zero-order valence-corrected chi connectivity index (χ0v) is 18.0. The molecule has 1 aromatic heterocycles. The molecule has 31 heavy (non-hydrogen) atoms. The lowest BCUT2D eigenvalue weighted by Crippen LogP contribution is -2.11. The Morgan fingerprint density at radius 2 is 1.90 bits per heavy atom. The van der Waals surface area contributed by atoms with E-state index in [4.69, 9.17) is 9.47 Å². The van der Waals surface area contributed by atoms with Gasteiger partial charge in [-0.05, 0) is 61.4 Å². The van der Waals surface area contributed by atoms with Crippen molar-refractivity contribution < 1.29 is 14.3 Å². The number of carbonyl (C=O) groups excluding carboxylic acids is 1. The predicted molar refractivity (Wildman–Crippen MR) is 125 cm³/mol. The molecule has 0 unspecified atom stereocenters. The van der Waals surface area contributed by atoms with Crippen LogP contribution in [0.2, 0.25) is 0 Å². The quantitative estimate of drug-likeness (QED) is 0.177. The lowest BCUT2D eigenvalue weighted by molar-refractivity contribution is 0.0727. The topological polar surface area (TPSA) is 72.8 Å². The molecule has 0 saturated carbocycles. The molecule has 1 N–H and O–H groups in total. The number of benzene rings is 3. The molecule has 3 aromatic carbocycles. The molecule has 0 aliphatic carbocycles. The molecule has 4 rings (SSSR count). The SMILES string of the molecule is CCOc1cc(/C=N\Nc2nc3ccccc3s2)ccc1OC(=O)c1ccccc1C. The summed E-state index contributed by atoms with van der Waals surface area (Å²) in [6, 6.07) is 20.5. The highest BCUT2D eigenvalue weighted by molar-refractivity contribution is 7.22. The van der Waals surface area contributed by atoms with Crippen LogP contribution in [0.1, 0.15) is 28.4 Å². The van der Waals surface area contributed by atoms with E-state index in [1.54, 1.807) is 24.4 Å². The van der Waals surface area contributed by atoms with E-state index >= 15 is 0 Å². The number of thiazole rings is 1. The highest BCUT2D eigenvalue weighted by Crippen LogP contribution is 2.29. The zero-order chi connectivity index (χ0) is 21.6. The lowest BCUT2D eigenvalue weighted by atomic mass is 10.1. The number of hydrazone groups is 1. The number of anilines is 1. The van der Waals surface area contributed by atoms with E-state index in [2.05, 4.69) is 15.5 Å². The van der Waals surface area contributed by atoms with Crippen LogP contribution in [0, 0.1) is 6.92 Å². The molecular formula is C24H21N3O3S. The first-order valence-corrected chi connectivity index (χ1v) is 10.6. The minimum absolute atomic E-state index is 0.367. The molecule has 6 nitrogen and oxygen atoms in total. The van der Waals surface area contributed by atoms with Crippen LogP contribution in [-0.2, 0) is 0 Å². The molecule has 0 saturated heterocycles. The van der Waals surface area contributed by atoms with Gasteiger partial charge in [0.15, 0.2) is 11.5 Å². The van der Waals surface area contributed by atoms with Crippen molar-refractivity contribution in [1.82, 2.24) is 4.98 Å². The van der Waals surface area contributed by atoms with Crippen LogP contribution in [-0.4, -0.2) is 23.8 Å². The van der Waals surface area contributed by atoms with Gasteiger partial charge in [-0.25, -0.2) is 9.78 Å². The molecule has 0 aliphatic heterocycles. The van der Waals surface area contributed by atoms with Crippen molar-refractivity contribution >= 4 is 38.9 Å². The van der Waals surface area contributed by atoms with Crippen LogP contribution >= 0.6 is 11.3 Å². The van der Waals surface area contributed by atoms with Gasteiger partial charge in [-0.1, -0.05) is 41.7 Å². The maximum Gasteiger partial charge on any atom is 0.343 e. The lowest BCUT2D eigenvalue weighted by Gasteiger charge is -2.12. The Morgan fingerprint density at radius 1 is 1.10 bits per heavy atom. The number of aryl methyl sites for hydroxylation is 1. The average Bonchev–Trinajstić information content (AvgIpc) is 3.19. The maximum atomic E-state index is 12.6. The second kappa shape index (κ2) is 9.40. The molecule has 0 atom stereocenters. The largest absolute Gasteiger partial charge is 0.490 e. The number of esters is 1. The van der Waals surface area contributed by atoms with Crippen molar-refractivity contribution in [2.75, 3.05) is 12.0 Å². The molecule has 0 aliphatic rings. The van der Waals surface area contributed by atoms with E-state index in [0.717, 1.165) is 21.3 Å². The Hall–Kier alpha value is -3.71. The van der Waals surface area contributed by atoms with Crippen LogP contribution in [0.3, 0.4) is 0 Å². The molecule has 0 bridgehead atoms. The number of ether oxygens (including phenoxy) is 2. The zero-order valence-electron chi connectivity index (χ0n) is 17.2. The third-order valence-electron chi connectivity index (χ3n) is 4.50. The summed E-state index contributed by atoms with van der Waals surface area (Å²) in [5.74, 6) is 0.428. The normalized spacial score (nSPS) is 11.0. The average molecular weight is 432 g/mol. The summed E-state index contributed by atoms with van der Waals surface area (Å²) >= 11 is 1.53. The second-order valence-electron chi connectivity index (χ2n) is 6.70. The Kier molecular flexibility index (Phi) is 6.24. The Morgan fingerprint density at radius 3 is 2.71 bits per heavy atom. The Balaban J connectivity index is 1.49. The summed E-state index contributed by atoms with van der Waals surface area (Å²) in [6.45, 7) is 4.19. The first-order valence-electron chi connectivity index (χ1n) is 9.83. The molecule has 1 heterocycles. The Bertz CT molecular complexity index is 1220. The van der Waals surface area contributed by atoms with Crippen LogP contribution < -0.4 is 14.9 Å². The van der Waals surface area contributed by atoms with Crippen LogP contribution in [0.4, 0.5) is 5.13 Å². The molecule has 156 valence electrons. The van der Waals surface area contributed by atoms with E-state index in [9.17, 15) is 4.79 Å². The summed E-state index contributed by atoms with van der Waals surface area (Å²) in [5.41, 5.74) is 6.07. The number of fused-ring (bicyclic) bond motifs is 1. The van der Waals surface area contributed by atoms with Crippen molar-refractivity contribution in [2.45, 2.75) is 13.8 Å². The van der Waals surface area contributed by atoms with Gasteiger partial charge in [0.1, 0.15) is 0 Å². The van der Waals surface area contributed by atoms with Crippen molar-refractivity contribution in [2.24, 2.45) is 5.10 Å². The van der Waals surface area contributed by atoms with Crippen molar-refractivity contribution in [3.63, 3.8) is 0 Å². The number of carbonyl (C=O) groups is 1. The first-order chi connectivity index (χ1) is 15.1. The maximum absolute atomic E-state index is 12.6. The van der Waals surface area contributed by atoms with Gasteiger partial charge in [-0.2, -0.15) is 5.10 Å². The van der Waals surface area contributed by atoms with Gasteiger partial charge in [0.25, 0.3) is 0 Å². The van der Waals surface area contributed by atoms with Crippen LogP contribution in [0.25, 0.3) is 10.2 Å². The van der Waals surface area contributed by atoms with Gasteiger partial charge in [-0.3, -0.25) is 5.43 Å². The van der Waals surface area contributed by atoms with Gasteiger partial charge in [-0.15, -0.1) is 0 Å². The molecule has 0 fully saturated rings. The molecule has 0 spiro atoms. The highest BCUT2D eigenvalue weighted by Gasteiger charge is 2.14. The number of hydrogen-bond acceptors (Lipinski definition) is 7. The van der Waals surface area contributed by atoms with Gasteiger partial charge in [0.05, 0.1) is 28.6 Å². The summed E-state index contributed by atoms with van der Waals surface area (Å²) in [4.78, 5) is 17.0. The number of nitrogens with zero attached hydrogens (tertiary/aromatic N) is 2. The van der Waals surface area contributed by atoms with Gasteiger partial charge in [0, 0.05) is 0 Å². The Labute approximate surface area is 184 Å². The molecule has 0 radical (unpaired) electrons. The van der Waals surface area contributed by atoms with Crippen molar-refractivity contribution in [3.8, 4) is 11.5 Å². The summed E-state index contributed by atoms with van der Waals surface area (Å²) < 4.78 is 12.4. The van der Waals surface area contributed by atoms with Crippen molar-refractivity contribution in [3.05, 3.63) is 83.4 Å². The van der Waals surface area contributed by atoms with Gasteiger partial charge < -0.3 is 9.47 Å². The highest BCUT2D eigenvalue weighted by atomic mass is 32.1. The van der Waals surface area contributed by atoms with Crippen LogP contribution in [0.5, 0.6) is 11.5 Å². The van der Waals surface area contributed by atoms with E-state index in [-0.39, 0.29) is 0 Å². The summed E-state index contributed by atoms with van der Waals surface area (Å²) in [7, 11) is 0. The molecule has 7 heteroatoms. The monoisotopic (exact) mass is 431 g/mol. The standard InChI is InChI=1S/C24H21N3O3S/c1-3-29-21-14-17(15-25-27-24-26-19-10-6-7-11-22(19)31-24)12-13-20(21)30-23(28)18-9-5-4-8-16(18)2/h4-15H,3H2,1-2H3,(H,26,27)/b25-15-. The fourth-order valence-electron chi connectivity index (χ4n) is 3.00. The van der Waals surface area contributed by atoms with Gasteiger partial charge in [0.2, 0.25) is 5.13 Å². The van der Waals surface area contributed by atoms with Crippen molar-refractivity contribution in [1.29, 1.82) is 0 Å². The number of rotatable bonds is 7. The first kappa shape index (κ1) is 20.6. The summed E-state index contributed by atoms with van der Waals surface area (Å²) in [5, 5.41) is 4.98. The number of para-hydroxylation sites is 1. The molecule has 0 amide bonds. The minimum Gasteiger partial charge on any atom is -0.490 e. The number of aromatic nitrogens is 1. The summed E-state index contributed by atoms with van der Waals surface area (Å²) in [6.07, 6.45) is 1.67. The van der Waals surface area contributed by atoms with E-state index < -0.39 is 5.97 Å². The minimum atomic E-state index is -0.419.